The third-order valence-electron chi connectivity index (χ3n) is 1.66. The predicted molar refractivity (Wildman–Crippen MR) is 53.0 cm³/mol. The van der Waals surface area contributed by atoms with Crippen molar-refractivity contribution in [3.05, 3.63) is 39.6 Å². The van der Waals surface area contributed by atoms with Crippen LogP contribution in [0.5, 0.6) is 0 Å². The first-order valence-corrected chi connectivity index (χ1v) is 4.96. The minimum Gasteiger partial charge on any atom is -0.337 e. The number of nitrogens with zero attached hydrogens (tertiary/aromatic N) is 1. The molecule has 0 radical (unpaired) electrons. The maximum absolute atomic E-state index is 5.07. The third kappa shape index (κ3) is 1.49. The highest BCUT2D eigenvalue weighted by Gasteiger charge is 1.95. The first-order valence-electron chi connectivity index (χ1n) is 3.61. The van der Waals surface area contributed by atoms with E-state index in [0.29, 0.717) is 0 Å². The van der Waals surface area contributed by atoms with Crippen LogP contribution in [0.3, 0.4) is 0 Å². The number of H-pyrrole nitrogens is 1. The maximum atomic E-state index is 5.07. The van der Waals surface area contributed by atoms with Gasteiger partial charge in [0.05, 0.1) is 6.54 Å². The Labute approximate surface area is 79.5 Å². The minimum absolute atomic E-state index is 0.779. The van der Waals surface area contributed by atoms with E-state index in [1.807, 2.05) is 17.0 Å². The zero-order chi connectivity index (χ0) is 8.39. The number of thiophene rings is 1. The maximum Gasteiger partial charge on any atom is 0.177 e. The average Bonchev–Trinajstić information content (AvgIpc) is 2.65. The summed E-state index contributed by atoms with van der Waals surface area (Å²) in [6, 6.07) is 2.11. The molecule has 0 atom stereocenters. The van der Waals surface area contributed by atoms with Crippen molar-refractivity contribution in [1.29, 1.82) is 0 Å². The van der Waals surface area contributed by atoms with Gasteiger partial charge in [-0.15, -0.1) is 0 Å². The highest BCUT2D eigenvalue weighted by atomic mass is 32.1. The van der Waals surface area contributed by atoms with Gasteiger partial charge in [-0.05, 0) is 34.6 Å². The van der Waals surface area contributed by atoms with Gasteiger partial charge in [0, 0.05) is 12.4 Å². The smallest absolute Gasteiger partial charge is 0.177 e. The van der Waals surface area contributed by atoms with E-state index in [9.17, 15) is 0 Å². The number of hydrogen-bond acceptors (Lipinski definition) is 2. The van der Waals surface area contributed by atoms with Crippen LogP contribution in [0.2, 0.25) is 0 Å². The molecule has 0 unspecified atom stereocenters. The van der Waals surface area contributed by atoms with Gasteiger partial charge in [0.15, 0.2) is 4.77 Å². The van der Waals surface area contributed by atoms with Gasteiger partial charge in [0.2, 0.25) is 0 Å². The summed E-state index contributed by atoms with van der Waals surface area (Å²) in [6.45, 7) is 0.867. The van der Waals surface area contributed by atoms with Crippen molar-refractivity contribution in [2.75, 3.05) is 0 Å². The SMILES string of the molecule is S=c1[nH]ccn1Cc1ccsc1. The third-order valence-corrected chi connectivity index (χ3v) is 2.74. The van der Waals surface area contributed by atoms with Crippen LogP contribution in [0.25, 0.3) is 0 Å². The summed E-state index contributed by atoms with van der Waals surface area (Å²) in [6.07, 6.45) is 3.81. The quantitative estimate of drug-likeness (QED) is 0.732. The van der Waals surface area contributed by atoms with E-state index < -0.39 is 0 Å². The van der Waals surface area contributed by atoms with Crippen molar-refractivity contribution in [3.63, 3.8) is 0 Å². The number of imidazole rings is 1. The summed E-state index contributed by atoms with van der Waals surface area (Å²) < 4.78 is 2.79. The molecular weight excluding hydrogens is 188 g/mol. The Bertz CT molecular complexity index is 397. The molecular formula is C8H8N2S2. The van der Waals surface area contributed by atoms with Gasteiger partial charge in [-0.25, -0.2) is 0 Å². The summed E-state index contributed by atoms with van der Waals surface area (Å²) >= 11 is 6.78. The second-order valence-electron chi connectivity index (χ2n) is 2.52. The monoisotopic (exact) mass is 196 g/mol. The lowest BCUT2D eigenvalue weighted by molar-refractivity contribution is 0.787. The zero-order valence-electron chi connectivity index (χ0n) is 6.36. The first-order chi connectivity index (χ1) is 5.86. The Kier molecular flexibility index (Phi) is 2.10. The summed E-state index contributed by atoms with van der Waals surface area (Å²) in [4.78, 5) is 2.96. The van der Waals surface area contributed by atoms with E-state index in [1.165, 1.54) is 5.56 Å². The normalized spacial score (nSPS) is 10.3. The van der Waals surface area contributed by atoms with Crippen molar-refractivity contribution in [3.8, 4) is 0 Å². The van der Waals surface area contributed by atoms with E-state index in [4.69, 9.17) is 12.2 Å². The second-order valence-corrected chi connectivity index (χ2v) is 3.69. The summed E-state index contributed by atoms with van der Waals surface area (Å²) in [5.74, 6) is 0. The molecule has 1 N–H and O–H groups in total. The van der Waals surface area contributed by atoms with Crippen LogP contribution < -0.4 is 0 Å². The summed E-state index contributed by atoms with van der Waals surface area (Å²) in [5.41, 5.74) is 1.30. The lowest BCUT2D eigenvalue weighted by Gasteiger charge is -1.97. The van der Waals surface area contributed by atoms with Crippen LogP contribution in [0.4, 0.5) is 0 Å². The number of rotatable bonds is 2. The summed E-state index contributed by atoms with van der Waals surface area (Å²) in [7, 11) is 0. The van der Waals surface area contributed by atoms with Gasteiger partial charge in [-0.3, -0.25) is 0 Å². The zero-order valence-corrected chi connectivity index (χ0v) is 7.99. The highest BCUT2D eigenvalue weighted by Crippen LogP contribution is 2.07. The molecule has 4 heteroatoms. The van der Waals surface area contributed by atoms with E-state index in [-0.39, 0.29) is 0 Å². The molecule has 2 aromatic rings. The van der Waals surface area contributed by atoms with E-state index in [1.54, 1.807) is 11.3 Å². The van der Waals surface area contributed by atoms with Crippen LogP contribution in [-0.2, 0) is 6.54 Å². The first kappa shape index (κ1) is 7.76. The van der Waals surface area contributed by atoms with Crippen molar-refractivity contribution in [2.45, 2.75) is 6.54 Å². The molecule has 0 bridgehead atoms. The molecule has 62 valence electrons. The fourth-order valence-electron chi connectivity index (χ4n) is 1.05. The van der Waals surface area contributed by atoms with Gasteiger partial charge in [0.1, 0.15) is 0 Å². The molecule has 2 nitrogen and oxygen atoms in total. The number of aromatic amines is 1. The fraction of sp³-hybridized carbons (Fsp3) is 0.125. The molecule has 2 rings (SSSR count). The van der Waals surface area contributed by atoms with Crippen LogP contribution in [-0.4, -0.2) is 9.55 Å². The van der Waals surface area contributed by atoms with Crippen molar-refractivity contribution < 1.29 is 0 Å². The largest absolute Gasteiger partial charge is 0.337 e. The molecule has 0 saturated heterocycles. The van der Waals surface area contributed by atoms with E-state index in [0.717, 1.165) is 11.3 Å². The standard InChI is InChI=1S/C8H8N2S2/c11-8-9-2-3-10(8)5-7-1-4-12-6-7/h1-4,6H,5H2,(H,9,11). The molecule has 0 saturated carbocycles. The molecule has 0 aromatic carbocycles. The van der Waals surface area contributed by atoms with Crippen molar-refractivity contribution >= 4 is 23.6 Å². The summed E-state index contributed by atoms with van der Waals surface area (Å²) in [5, 5.41) is 4.21. The fourth-order valence-corrected chi connectivity index (χ4v) is 1.91. The van der Waals surface area contributed by atoms with Gasteiger partial charge < -0.3 is 9.55 Å². The Hall–Kier alpha value is -0.870. The average molecular weight is 196 g/mol. The lowest BCUT2D eigenvalue weighted by atomic mass is 10.3. The van der Waals surface area contributed by atoms with E-state index in [2.05, 4.69) is 21.8 Å². The Morgan fingerprint density at radius 3 is 3.08 bits per heavy atom. The minimum atomic E-state index is 0.779. The van der Waals surface area contributed by atoms with Crippen molar-refractivity contribution in [1.82, 2.24) is 9.55 Å². The molecule has 0 aliphatic carbocycles. The van der Waals surface area contributed by atoms with Crippen LogP contribution in [0.15, 0.2) is 29.2 Å². The van der Waals surface area contributed by atoms with Gasteiger partial charge in [-0.2, -0.15) is 11.3 Å². The highest BCUT2D eigenvalue weighted by molar-refractivity contribution is 7.71. The molecule has 12 heavy (non-hydrogen) atoms. The molecule has 0 aliphatic rings. The van der Waals surface area contributed by atoms with Crippen LogP contribution in [0, 0.1) is 4.77 Å². The predicted octanol–water partition coefficient (Wildman–Crippen LogP) is 2.66. The molecule has 2 aromatic heterocycles. The van der Waals surface area contributed by atoms with Gasteiger partial charge in [0.25, 0.3) is 0 Å². The van der Waals surface area contributed by atoms with Crippen molar-refractivity contribution in [2.24, 2.45) is 0 Å². The Morgan fingerprint density at radius 2 is 2.50 bits per heavy atom. The number of nitrogens with one attached hydrogen (secondary N) is 1. The lowest BCUT2D eigenvalue weighted by Crippen LogP contribution is -1.95. The van der Waals surface area contributed by atoms with Gasteiger partial charge >= 0.3 is 0 Å². The molecule has 0 aliphatic heterocycles. The Balaban J connectivity index is 2.25. The van der Waals surface area contributed by atoms with E-state index >= 15 is 0 Å². The molecule has 0 fully saturated rings. The molecule has 0 spiro atoms. The molecule has 0 amide bonds. The second kappa shape index (κ2) is 3.25. The number of aromatic nitrogens is 2. The number of hydrogen-bond donors (Lipinski definition) is 1. The molecule has 2 heterocycles. The topological polar surface area (TPSA) is 20.7 Å². The van der Waals surface area contributed by atoms with Crippen LogP contribution >= 0.6 is 23.6 Å². The van der Waals surface area contributed by atoms with Crippen LogP contribution in [0.1, 0.15) is 5.56 Å². The van der Waals surface area contributed by atoms with Gasteiger partial charge in [-0.1, -0.05) is 0 Å². The Morgan fingerprint density at radius 1 is 1.58 bits per heavy atom.